The van der Waals surface area contributed by atoms with Crippen molar-refractivity contribution in [2.45, 2.75) is 25.9 Å². The summed E-state index contributed by atoms with van der Waals surface area (Å²) in [6.45, 7) is 4.37. The Kier molecular flexibility index (Phi) is 3.73. The van der Waals surface area contributed by atoms with E-state index in [9.17, 15) is 8.78 Å². The lowest BCUT2D eigenvalue weighted by atomic mass is 10.1. The molecule has 96 valence electrons. The summed E-state index contributed by atoms with van der Waals surface area (Å²) in [5.41, 5.74) is 0.258. The second-order valence-corrected chi connectivity index (χ2v) is 5.49. The average molecular weight is 268 g/mol. The third-order valence-electron chi connectivity index (χ3n) is 2.62. The maximum Gasteiger partial charge on any atom is 0.126 e. The highest BCUT2D eigenvalue weighted by Gasteiger charge is 2.22. The van der Waals surface area contributed by atoms with Crippen molar-refractivity contribution in [1.29, 1.82) is 0 Å². The van der Waals surface area contributed by atoms with Gasteiger partial charge in [0, 0.05) is 24.2 Å². The van der Waals surface area contributed by atoms with Crippen LogP contribution in [0.25, 0.3) is 0 Å². The van der Waals surface area contributed by atoms with Gasteiger partial charge in [0.1, 0.15) is 16.6 Å². The summed E-state index contributed by atoms with van der Waals surface area (Å²) in [7, 11) is 0. The smallest absolute Gasteiger partial charge is 0.126 e. The predicted molar refractivity (Wildman–Crippen MR) is 68.3 cm³/mol. The first-order chi connectivity index (χ1) is 8.47. The van der Waals surface area contributed by atoms with E-state index in [1.165, 1.54) is 12.1 Å². The lowest BCUT2D eigenvalue weighted by Crippen LogP contribution is -2.35. The van der Waals surface area contributed by atoms with Crippen LogP contribution in [0.1, 0.15) is 24.4 Å². The van der Waals surface area contributed by atoms with Crippen molar-refractivity contribution >= 4 is 11.3 Å². The summed E-state index contributed by atoms with van der Waals surface area (Å²) in [4.78, 5) is 4.24. The molecule has 18 heavy (non-hydrogen) atoms. The Morgan fingerprint density at radius 3 is 2.44 bits per heavy atom. The number of thiazole rings is 1. The number of nitrogens with zero attached hydrogens (tertiary/aromatic N) is 1. The molecule has 5 heteroatoms. The molecule has 0 aliphatic heterocycles. The molecule has 1 heterocycles. The molecule has 0 spiro atoms. The van der Waals surface area contributed by atoms with E-state index in [0.717, 1.165) is 11.1 Å². The Morgan fingerprint density at radius 2 is 1.89 bits per heavy atom. The second kappa shape index (κ2) is 5.12. The van der Waals surface area contributed by atoms with Crippen LogP contribution in [0.15, 0.2) is 29.8 Å². The zero-order chi connectivity index (χ0) is 13.2. The maximum absolute atomic E-state index is 13.0. The molecule has 0 fully saturated rings. The molecular formula is C13H14F2N2S. The summed E-state index contributed by atoms with van der Waals surface area (Å²) in [5, 5.41) is 6.09. The molecule has 2 rings (SSSR count). The lowest BCUT2D eigenvalue weighted by Gasteiger charge is -2.24. The highest BCUT2D eigenvalue weighted by molar-refractivity contribution is 7.09. The summed E-state index contributed by atoms with van der Waals surface area (Å²) in [6, 6.07) is 3.53. The van der Waals surface area contributed by atoms with E-state index >= 15 is 0 Å². The minimum Gasteiger partial charge on any atom is -0.302 e. The van der Waals surface area contributed by atoms with Gasteiger partial charge in [0.05, 0.1) is 5.54 Å². The highest BCUT2D eigenvalue weighted by Crippen LogP contribution is 2.22. The number of halogens is 2. The molecule has 1 N–H and O–H groups in total. The van der Waals surface area contributed by atoms with E-state index in [1.807, 2.05) is 19.2 Å². The van der Waals surface area contributed by atoms with E-state index in [2.05, 4.69) is 10.3 Å². The van der Waals surface area contributed by atoms with Crippen molar-refractivity contribution in [1.82, 2.24) is 10.3 Å². The predicted octanol–water partition coefficient (Wildman–Crippen LogP) is 3.45. The van der Waals surface area contributed by atoms with Gasteiger partial charge in [0.15, 0.2) is 0 Å². The molecular weight excluding hydrogens is 254 g/mol. The van der Waals surface area contributed by atoms with Gasteiger partial charge in [0.25, 0.3) is 0 Å². The van der Waals surface area contributed by atoms with Crippen molar-refractivity contribution < 1.29 is 8.78 Å². The van der Waals surface area contributed by atoms with Gasteiger partial charge in [0.2, 0.25) is 0 Å². The third-order valence-corrected chi connectivity index (χ3v) is 3.72. The number of aromatic nitrogens is 1. The summed E-state index contributed by atoms with van der Waals surface area (Å²) in [6.07, 6.45) is 1.74. The zero-order valence-electron chi connectivity index (χ0n) is 10.2. The Balaban J connectivity index is 2.07. The van der Waals surface area contributed by atoms with E-state index < -0.39 is 11.6 Å². The van der Waals surface area contributed by atoms with Crippen LogP contribution in [-0.4, -0.2) is 4.98 Å². The number of benzene rings is 1. The zero-order valence-corrected chi connectivity index (χ0v) is 11.0. The van der Waals surface area contributed by atoms with Crippen LogP contribution in [0.5, 0.6) is 0 Å². The van der Waals surface area contributed by atoms with Crippen LogP contribution >= 0.6 is 11.3 Å². The van der Waals surface area contributed by atoms with Crippen molar-refractivity contribution in [3.63, 3.8) is 0 Å². The van der Waals surface area contributed by atoms with Crippen molar-refractivity contribution in [2.75, 3.05) is 0 Å². The molecule has 2 aromatic rings. The molecule has 1 aromatic carbocycles. The number of hydrogen-bond acceptors (Lipinski definition) is 3. The number of hydrogen-bond donors (Lipinski definition) is 1. The van der Waals surface area contributed by atoms with E-state index in [4.69, 9.17) is 0 Å². The standard InChI is InChI=1S/C13H14F2N2S/c1-13(2,12-16-3-4-18-12)17-8-9-5-10(14)7-11(15)6-9/h3-7,17H,8H2,1-2H3. The fourth-order valence-electron chi connectivity index (χ4n) is 1.64. The first kappa shape index (κ1) is 13.1. The molecule has 0 aliphatic carbocycles. The van der Waals surface area contributed by atoms with Gasteiger partial charge < -0.3 is 5.32 Å². The molecule has 1 aromatic heterocycles. The molecule has 0 unspecified atom stereocenters. The summed E-state index contributed by atoms with van der Waals surface area (Å²) < 4.78 is 26.1. The first-order valence-electron chi connectivity index (χ1n) is 5.57. The third kappa shape index (κ3) is 3.11. The molecule has 0 bridgehead atoms. The topological polar surface area (TPSA) is 24.9 Å². The van der Waals surface area contributed by atoms with Crippen LogP contribution < -0.4 is 5.32 Å². The van der Waals surface area contributed by atoms with Crippen LogP contribution in [0.4, 0.5) is 8.78 Å². The SMILES string of the molecule is CC(C)(NCc1cc(F)cc(F)c1)c1nccs1. The molecule has 2 nitrogen and oxygen atoms in total. The number of rotatable bonds is 4. The molecule has 0 radical (unpaired) electrons. The fourth-order valence-corrected chi connectivity index (χ4v) is 2.38. The Morgan fingerprint density at radius 1 is 1.22 bits per heavy atom. The van der Waals surface area contributed by atoms with E-state index in [1.54, 1.807) is 17.5 Å². The minimum atomic E-state index is -0.557. The number of nitrogens with one attached hydrogen (secondary N) is 1. The molecule has 0 atom stereocenters. The lowest BCUT2D eigenvalue weighted by molar-refractivity contribution is 0.398. The van der Waals surface area contributed by atoms with Crippen LogP contribution in [0.2, 0.25) is 0 Å². The van der Waals surface area contributed by atoms with Gasteiger partial charge >= 0.3 is 0 Å². The highest BCUT2D eigenvalue weighted by atomic mass is 32.1. The van der Waals surface area contributed by atoms with E-state index in [0.29, 0.717) is 12.1 Å². The van der Waals surface area contributed by atoms with Gasteiger partial charge in [-0.1, -0.05) is 0 Å². The van der Waals surface area contributed by atoms with Crippen molar-refractivity contribution in [3.8, 4) is 0 Å². The largest absolute Gasteiger partial charge is 0.302 e. The average Bonchev–Trinajstić information content (AvgIpc) is 2.79. The van der Waals surface area contributed by atoms with E-state index in [-0.39, 0.29) is 5.54 Å². The van der Waals surface area contributed by atoms with Crippen LogP contribution in [0.3, 0.4) is 0 Å². The summed E-state index contributed by atoms with van der Waals surface area (Å²) >= 11 is 1.55. The van der Waals surface area contributed by atoms with Gasteiger partial charge in [-0.05, 0) is 31.5 Å². The second-order valence-electron chi connectivity index (χ2n) is 4.59. The molecule has 0 aliphatic rings. The Bertz CT molecular complexity index is 504. The molecule has 0 amide bonds. The van der Waals surface area contributed by atoms with Crippen molar-refractivity contribution in [2.24, 2.45) is 0 Å². The van der Waals surface area contributed by atoms with Gasteiger partial charge in [-0.25, -0.2) is 13.8 Å². The Hall–Kier alpha value is -1.33. The molecule has 0 saturated heterocycles. The Labute approximate surface area is 109 Å². The van der Waals surface area contributed by atoms with Crippen molar-refractivity contribution in [3.05, 3.63) is 52.0 Å². The fraction of sp³-hybridized carbons (Fsp3) is 0.308. The quantitative estimate of drug-likeness (QED) is 0.918. The monoisotopic (exact) mass is 268 g/mol. The maximum atomic E-state index is 13.0. The van der Waals surface area contributed by atoms with Crippen LogP contribution in [0, 0.1) is 11.6 Å². The normalized spacial score (nSPS) is 11.8. The van der Waals surface area contributed by atoms with Crippen LogP contribution in [-0.2, 0) is 12.1 Å². The van der Waals surface area contributed by atoms with Gasteiger partial charge in [-0.15, -0.1) is 11.3 Å². The first-order valence-corrected chi connectivity index (χ1v) is 6.45. The molecule has 0 saturated carbocycles. The van der Waals surface area contributed by atoms with Gasteiger partial charge in [-0.3, -0.25) is 0 Å². The van der Waals surface area contributed by atoms with Gasteiger partial charge in [-0.2, -0.15) is 0 Å². The summed E-state index contributed by atoms with van der Waals surface area (Å²) in [5.74, 6) is -1.11. The minimum absolute atomic E-state index is 0.322.